The number of benzene rings is 1. The molecule has 28 heavy (non-hydrogen) atoms. The lowest BCUT2D eigenvalue weighted by Crippen LogP contribution is -2.52. The second kappa shape index (κ2) is 7.52. The molecule has 2 nitrogen and oxygen atoms in total. The van der Waals surface area contributed by atoms with E-state index in [0.717, 1.165) is 38.5 Å². The summed E-state index contributed by atoms with van der Waals surface area (Å²) in [5, 5.41) is 21.2. The van der Waals surface area contributed by atoms with Crippen molar-refractivity contribution in [1.82, 2.24) is 0 Å². The lowest BCUT2D eigenvalue weighted by atomic mass is 9.46. The van der Waals surface area contributed by atoms with Crippen molar-refractivity contribution in [1.29, 1.82) is 0 Å². The number of allylic oxidation sites excluding steroid dienone is 1. The summed E-state index contributed by atoms with van der Waals surface area (Å²) in [4.78, 5) is 0. The fourth-order valence-corrected chi connectivity index (χ4v) is 7.56. The van der Waals surface area contributed by atoms with Gasteiger partial charge in [-0.25, -0.2) is 0 Å². The fourth-order valence-electron chi connectivity index (χ4n) is 7.56. The summed E-state index contributed by atoms with van der Waals surface area (Å²) in [6, 6.07) is 5.99. The van der Waals surface area contributed by atoms with Gasteiger partial charge in [0, 0.05) is 5.41 Å². The molecule has 2 heteroatoms. The minimum atomic E-state index is -0.152. The Morgan fingerprint density at radius 3 is 2.82 bits per heavy atom. The molecule has 1 aromatic rings. The third-order valence-electron chi connectivity index (χ3n) is 8.77. The normalized spacial score (nSPS) is 37.6. The van der Waals surface area contributed by atoms with Crippen molar-refractivity contribution < 1.29 is 10.2 Å². The molecule has 6 atom stereocenters. The Morgan fingerprint density at radius 1 is 1.25 bits per heavy atom. The number of phenols is 1. The summed E-state index contributed by atoms with van der Waals surface area (Å²) in [6.07, 6.45) is 13.6. The van der Waals surface area contributed by atoms with E-state index in [1.165, 1.54) is 36.8 Å². The second-order valence-corrected chi connectivity index (χ2v) is 10.1. The molecule has 3 aliphatic carbocycles. The van der Waals surface area contributed by atoms with Crippen molar-refractivity contribution in [2.24, 2.45) is 22.7 Å². The van der Waals surface area contributed by atoms with Gasteiger partial charge in [-0.05, 0) is 91.4 Å². The first-order chi connectivity index (χ1) is 13.5. The first kappa shape index (κ1) is 20.0. The summed E-state index contributed by atoms with van der Waals surface area (Å²) in [7, 11) is 0. The third-order valence-corrected chi connectivity index (χ3v) is 8.77. The molecule has 4 rings (SSSR count). The van der Waals surface area contributed by atoms with Gasteiger partial charge in [0.05, 0.1) is 6.10 Å². The van der Waals surface area contributed by atoms with E-state index in [4.69, 9.17) is 0 Å². The average molecular weight is 383 g/mol. The lowest BCUT2D eigenvalue weighted by Gasteiger charge is -2.58. The van der Waals surface area contributed by atoms with Gasteiger partial charge >= 0.3 is 0 Å². The Kier molecular flexibility index (Phi) is 5.37. The lowest BCUT2D eigenvalue weighted by molar-refractivity contribution is -0.0788. The summed E-state index contributed by atoms with van der Waals surface area (Å²) in [5.74, 6) is 2.10. The maximum Gasteiger partial charge on any atom is 0.115 e. The number of phenolic OH excluding ortho intramolecular Hbond substituents is 1. The van der Waals surface area contributed by atoms with Crippen LogP contribution in [0.15, 0.2) is 30.9 Å². The average Bonchev–Trinajstić information content (AvgIpc) is 3.02. The van der Waals surface area contributed by atoms with Crippen LogP contribution in [0.25, 0.3) is 0 Å². The zero-order valence-electron chi connectivity index (χ0n) is 17.8. The van der Waals surface area contributed by atoms with Crippen LogP contribution < -0.4 is 0 Å². The van der Waals surface area contributed by atoms with E-state index in [-0.39, 0.29) is 16.9 Å². The van der Waals surface area contributed by atoms with Crippen LogP contribution in [0.4, 0.5) is 0 Å². The second-order valence-electron chi connectivity index (χ2n) is 10.1. The van der Waals surface area contributed by atoms with Crippen LogP contribution >= 0.6 is 0 Å². The predicted octanol–water partition coefficient (Wildman–Crippen LogP) is 6.36. The highest BCUT2D eigenvalue weighted by atomic mass is 16.3. The van der Waals surface area contributed by atoms with Crippen molar-refractivity contribution in [2.75, 3.05) is 0 Å². The molecular weight excluding hydrogens is 344 g/mol. The van der Waals surface area contributed by atoms with Crippen molar-refractivity contribution >= 4 is 0 Å². The number of aliphatic hydroxyl groups is 1. The van der Waals surface area contributed by atoms with Crippen LogP contribution in [-0.4, -0.2) is 16.3 Å². The van der Waals surface area contributed by atoms with E-state index in [0.29, 0.717) is 23.5 Å². The molecule has 154 valence electrons. The summed E-state index contributed by atoms with van der Waals surface area (Å²) < 4.78 is 0. The van der Waals surface area contributed by atoms with Gasteiger partial charge in [-0.2, -0.15) is 0 Å². The Labute approximate surface area is 171 Å². The molecule has 0 bridgehead atoms. The van der Waals surface area contributed by atoms with Crippen molar-refractivity contribution in [3.05, 3.63) is 42.0 Å². The standard InChI is InChI=1S/C26H38O2/c1-4-6-7-18(3)17-26-15-13-22-21-9-8-20(27)16-19(21)12-14-25(22,5-2)23(26)10-11-24(26)28/h5,8-9,16,18,22-24,27-28H,2,4,6-7,10-15,17H2,1,3H3/t18?,22-,23+,24+,25-,26-/m1/s1. The number of fused-ring (bicyclic) bond motifs is 5. The van der Waals surface area contributed by atoms with E-state index >= 15 is 0 Å². The summed E-state index contributed by atoms with van der Waals surface area (Å²) in [6.45, 7) is 9.04. The van der Waals surface area contributed by atoms with Crippen molar-refractivity contribution in [3.63, 3.8) is 0 Å². The highest BCUT2D eigenvalue weighted by Gasteiger charge is 2.62. The number of rotatable bonds is 6. The first-order valence-corrected chi connectivity index (χ1v) is 11.6. The molecule has 2 N–H and O–H groups in total. The molecule has 0 amide bonds. The largest absolute Gasteiger partial charge is 0.508 e. The van der Waals surface area contributed by atoms with Gasteiger partial charge in [-0.15, -0.1) is 6.58 Å². The predicted molar refractivity (Wildman–Crippen MR) is 116 cm³/mol. The Bertz CT molecular complexity index is 725. The Morgan fingerprint density at radius 2 is 2.07 bits per heavy atom. The summed E-state index contributed by atoms with van der Waals surface area (Å²) in [5.41, 5.74) is 2.93. The number of aromatic hydroxyl groups is 1. The van der Waals surface area contributed by atoms with Crippen LogP contribution in [0.1, 0.15) is 88.7 Å². The van der Waals surface area contributed by atoms with E-state index in [1.54, 1.807) is 0 Å². The Hall–Kier alpha value is -1.28. The number of hydrogen-bond donors (Lipinski definition) is 2. The molecule has 0 radical (unpaired) electrons. The molecule has 0 heterocycles. The zero-order valence-corrected chi connectivity index (χ0v) is 17.8. The van der Waals surface area contributed by atoms with Crippen molar-refractivity contribution in [3.8, 4) is 5.75 Å². The number of unbranched alkanes of at least 4 members (excludes halogenated alkanes) is 1. The maximum atomic E-state index is 11.2. The quantitative estimate of drug-likeness (QED) is 0.562. The molecule has 0 saturated heterocycles. The number of aryl methyl sites for hydroxylation is 1. The third kappa shape index (κ3) is 2.95. The van der Waals surface area contributed by atoms with Crippen LogP contribution in [0.2, 0.25) is 0 Å². The molecule has 2 saturated carbocycles. The number of aliphatic hydroxyl groups excluding tert-OH is 1. The molecule has 1 aromatic carbocycles. The van der Waals surface area contributed by atoms with Crippen LogP contribution in [0.3, 0.4) is 0 Å². The van der Waals surface area contributed by atoms with Crippen LogP contribution in [-0.2, 0) is 6.42 Å². The van der Waals surface area contributed by atoms with E-state index in [2.05, 4.69) is 32.6 Å². The van der Waals surface area contributed by atoms with Gasteiger partial charge in [0.15, 0.2) is 0 Å². The minimum absolute atomic E-state index is 0.0757. The zero-order chi connectivity index (χ0) is 19.9. The first-order valence-electron chi connectivity index (χ1n) is 11.6. The minimum Gasteiger partial charge on any atom is -0.508 e. The molecule has 0 spiro atoms. The van der Waals surface area contributed by atoms with E-state index in [9.17, 15) is 10.2 Å². The van der Waals surface area contributed by atoms with E-state index < -0.39 is 0 Å². The molecule has 2 fully saturated rings. The number of hydrogen-bond acceptors (Lipinski definition) is 2. The summed E-state index contributed by atoms with van der Waals surface area (Å²) >= 11 is 0. The van der Waals surface area contributed by atoms with Crippen LogP contribution in [0, 0.1) is 22.7 Å². The smallest absolute Gasteiger partial charge is 0.115 e. The van der Waals surface area contributed by atoms with E-state index in [1.807, 2.05) is 12.1 Å². The van der Waals surface area contributed by atoms with Gasteiger partial charge in [0.25, 0.3) is 0 Å². The highest BCUT2D eigenvalue weighted by molar-refractivity contribution is 5.43. The SMILES string of the molecule is C=C[C@@]12CCc3cc(O)ccc3[C@H]1CC[C@]1(CC(C)CCCC)[C@@H](O)CC[C@@H]21. The Balaban J connectivity index is 1.70. The molecular formula is C26H38O2. The van der Waals surface area contributed by atoms with Gasteiger partial charge in [0.1, 0.15) is 5.75 Å². The highest BCUT2D eigenvalue weighted by Crippen LogP contribution is 2.69. The van der Waals surface area contributed by atoms with Gasteiger partial charge < -0.3 is 10.2 Å². The van der Waals surface area contributed by atoms with Gasteiger partial charge in [0.2, 0.25) is 0 Å². The van der Waals surface area contributed by atoms with Crippen molar-refractivity contribution in [2.45, 2.75) is 90.1 Å². The maximum absolute atomic E-state index is 11.2. The van der Waals surface area contributed by atoms with Crippen LogP contribution in [0.5, 0.6) is 5.75 Å². The van der Waals surface area contributed by atoms with Gasteiger partial charge in [-0.1, -0.05) is 45.3 Å². The molecule has 1 unspecified atom stereocenters. The monoisotopic (exact) mass is 382 g/mol. The molecule has 3 aliphatic rings. The topological polar surface area (TPSA) is 40.5 Å². The van der Waals surface area contributed by atoms with Gasteiger partial charge in [-0.3, -0.25) is 0 Å². The molecule has 0 aliphatic heterocycles. The molecule has 0 aromatic heterocycles. The fraction of sp³-hybridized carbons (Fsp3) is 0.692.